The van der Waals surface area contributed by atoms with Crippen molar-refractivity contribution >= 4 is 22.4 Å². The normalized spacial score (nSPS) is 17.6. The Balaban J connectivity index is 0.00000180. The van der Waals surface area contributed by atoms with Gasteiger partial charge in [0.25, 0.3) is 0 Å². The monoisotopic (exact) mass is 312 g/mol. The van der Waals surface area contributed by atoms with E-state index in [4.69, 9.17) is 0 Å². The first kappa shape index (κ1) is 16.3. The van der Waals surface area contributed by atoms with E-state index in [1.165, 1.54) is 4.31 Å². The van der Waals surface area contributed by atoms with E-state index >= 15 is 0 Å². The standard InChI is InChI=1S/C11H14F2N2O2S.ClH/c12-10-3-2-9(8-11(10)13)18(16,17)15-6-1-4-14-5-7-15;/h2-3,8,14H,1,4-7H2;1H. The van der Waals surface area contributed by atoms with Crippen LogP contribution in [0, 0.1) is 11.6 Å². The predicted molar refractivity (Wildman–Crippen MR) is 69.9 cm³/mol. The predicted octanol–water partition coefficient (Wildman–Crippen LogP) is 1.37. The van der Waals surface area contributed by atoms with Crippen molar-refractivity contribution in [2.24, 2.45) is 0 Å². The van der Waals surface area contributed by atoms with Crippen LogP contribution in [0.4, 0.5) is 8.78 Å². The lowest BCUT2D eigenvalue weighted by atomic mass is 10.3. The molecule has 1 fully saturated rings. The Labute approximate surface area is 117 Å². The molecule has 1 aromatic rings. The molecule has 2 rings (SSSR count). The highest BCUT2D eigenvalue weighted by molar-refractivity contribution is 7.89. The van der Waals surface area contributed by atoms with Gasteiger partial charge in [0.15, 0.2) is 11.6 Å². The minimum Gasteiger partial charge on any atom is -0.315 e. The van der Waals surface area contributed by atoms with Gasteiger partial charge in [-0.15, -0.1) is 12.4 Å². The van der Waals surface area contributed by atoms with Gasteiger partial charge in [0.1, 0.15) is 0 Å². The van der Waals surface area contributed by atoms with Crippen molar-refractivity contribution in [2.45, 2.75) is 11.3 Å². The summed E-state index contributed by atoms with van der Waals surface area (Å²) in [4.78, 5) is -0.205. The summed E-state index contributed by atoms with van der Waals surface area (Å²) >= 11 is 0. The molecule has 0 saturated carbocycles. The van der Waals surface area contributed by atoms with Crippen LogP contribution in [0.25, 0.3) is 0 Å². The van der Waals surface area contributed by atoms with E-state index in [-0.39, 0.29) is 17.3 Å². The second-order valence-electron chi connectivity index (χ2n) is 4.08. The van der Waals surface area contributed by atoms with Crippen LogP contribution < -0.4 is 5.32 Å². The Kier molecular flexibility index (Phi) is 5.66. The lowest BCUT2D eigenvalue weighted by molar-refractivity contribution is 0.430. The zero-order chi connectivity index (χ0) is 13.2. The quantitative estimate of drug-likeness (QED) is 0.897. The zero-order valence-electron chi connectivity index (χ0n) is 10.1. The first-order valence-electron chi connectivity index (χ1n) is 5.68. The minimum absolute atomic E-state index is 0. The molecule has 19 heavy (non-hydrogen) atoms. The second kappa shape index (κ2) is 6.60. The molecule has 1 aromatic carbocycles. The Morgan fingerprint density at radius 1 is 1.11 bits per heavy atom. The molecular weight excluding hydrogens is 298 g/mol. The molecule has 0 radical (unpaired) electrons. The smallest absolute Gasteiger partial charge is 0.243 e. The van der Waals surface area contributed by atoms with Crippen LogP contribution in [0.1, 0.15) is 6.42 Å². The van der Waals surface area contributed by atoms with E-state index in [0.717, 1.165) is 24.7 Å². The van der Waals surface area contributed by atoms with Crippen molar-refractivity contribution in [2.75, 3.05) is 26.2 Å². The third-order valence-corrected chi connectivity index (χ3v) is 4.72. The number of rotatable bonds is 2. The number of benzene rings is 1. The fourth-order valence-electron chi connectivity index (χ4n) is 1.85. The zero-order valence-corrected chi connectivity index (χ0v) is 11.7. The summed E-state index contributed by atoms with van der Waals surface area (Å²) in [6.07, 6.45) is 0.697. The summed E-state index contributed by atoms with van der Waals surface area (Å²) < 4.78 is 51.6. The summed E-state index contributed by atoms with van der Waals surface area (Å²) in [6.45, 7) is 2.03. The van der Waals surface area contributed by atoms with E-state index in [2.05, 4.69) is 5.32 Å². The maximum Gasteiger partial charge on any atom is 0.243 e. The Bertz CT molecular complexity index is 531. The summed E-state index contributed by atoms with van der Waals surface area (Å²) in [7, 11) is -3.74. The molecule has 0 bridgehead atoms. The van der Waals surface area contributed by atoms with Gasteiger partial charge in [0.2, 0.25) is 10.0 Å². The van der Waals surface area contributed by atoms with Crippen molar-refractivity contribution in [1.82, 2.24) is 9.62 Å². The number of halogens is 3. The number of nitrogens with one attached hydrogen (secondary N) is 1. The van der Waals surface area contributed by atoms with Crippen LogP contribution in [0.2, 0.25) is 0 Å². The van der Waals surface area contributed by atoms with Crippen molar-refractivity contribution in [3.8, 4) is 0 Å². The van der Waals surface area contributed by atoms with Gasteiger partial charge in [-0.3, -0.25) is 0 Å². The fourth-order valence-corrected chi connectivity index (χ4v) is 3.34. The fraction of sp³-hybridized carbons (Fsp3) is 0.455. The number of hydrogen-bond donors (Lipinski definition) is 1. The van der Waals surface area contributed by atoms with Gasteiger partial charge in [0, 0.05) is 19.6 Å². The maximum atomic E-state index is 13.1. The van der Waals surface area contributed by atoms with Crippen molar-refractivity contribution in [3.63, 3.8) is 0 Å². The Morgan fingerprint density at radius 3 is 2.53 bits per heavy atom. The van der Waals surface area contributed by atoms with E-state index in [9.17, 15) is 17.2 Å². The van der Waals surface area contributed by atoms with Crippen molar-refractivity contribution in [1.29, 1.82) is 0 Å². The van der Waals surface area contributed by atoms with Gasteiger partial charge >= 0.3 is 0 Å². The van der Waals surface area contributed by atoms with Gasteiger partial charge in [-0.2, -0.15) is 4.31 Å². The largest absolute Gasteiger partial charge is 0.315 e. The molecule has 8 heteroatoms. The van der Waals surface area contributed by atoms with Crippen LogP contribution >= 0.6 is 12.4 Å². The molecule has 0 aliphatic carbocycles. The van der Waals surface area contributed by atoms with Crippen LogP contribution in [0.15, 0.2) is 23.1 Å². The Hall–Kier alpha value is -0.760. The van der Waals surface area contributed by atoms with Crippen LogP contribution in [0.3, 0.4) is 0 Å². The molecule has 1 heterocycles. The highest BCUT2D eigenvalue weighted by Gasteiger charge is 2.25. The lowest BCUT2D eigenvalue weighted by Crippen LogP contribution is -2.34. The summed E-state index contributed by atoms with van der Waals surface area (Å²) in [5.74, 6) is -2.20. The van der Waals surface area contributed by atoms with E-state index in [1.54, 1.807) is 0 Å². The number of sulfonamides is 1. The van der Waals surface area contributed by atoms with E-state index in [0.29, 0.717) is 26.1 Å². The van der Waals surface area contributed by atoms with Gasteiger partial charge in [-0.1, -0.05) is 0 Å². The topological polar surface area (TPSA) is 49.4 Å². The number of nitrogens with zero attached hydrogens (tertiary/aromatic N) is 1. The molecule has 0 atom stereocenters. The highest BCUT2D eigenvalue weighted by atomic mass is 35.5. The summed E-state index contributed by atoms with van der Waals surface area (Å²) in [5, 5.41) is 3.08. The molecule has 1 saturated heterocycles. The van der Waals surface area contributed by atoms with Crippen LogP contribution in [-0.2, 0) is 10.0 Å². The molecular formula is C11H15ClF2N2O2S. The summed E-state index contributed by atoms with van der Waals surface area (Å²) in [5.41, 5.74) is 0. The van der Waals surface area contributed by atoms with Crippen molar-refractivity contribution in [3.05, 3.63) is 29.8 Å². The number of hydrogen-bond acceptors (Lipinski definition) is 3. The Morgan fingerprint density at radius 2 is 1.84 bits per heavy atom. The molecule has 108 valence electrons. The molecule has 0 spiro atoms. The third kappa shape index (κ3) is 3.62. The lowest BCUT2D eigenvalue weighted by Gasteiger charge is -2.19. The molecule has 1 aliphatic heterocycles. The average Bonchev–Trinajstić information content (AvgIpc) is 2.61. The van der Waals surface area contributed by atoms with Gasteiger partial charge < -0.3 is 5.32 Å². The molecule has 0 amide bonds. The highest BCUT2D eigenvalue weighted by Crippen LogP contribution is 2.18. The van der Waals surface area contributed by atoms with Gasteiger partial charge in [0.05, 0.1) is 4.90 Å². The van der Waals surface area contributed by atoms with E-state index < -0.39 is 21.7 Å². The minimum atomic E-state index is -3.74. The first-order chi connectivity index (χ1) is 8.51. The molecule has 1 N–H and O–H groups in total. The summed E-state index contributed by atoms with van der Waals surface area (Å²) in [6, 6.07) is 2.65. The van der Waals surface area contributed by atoms with E-state index in [1.807, 2.05) is 0 Å². The van der Waals surface area contributed by atoms with Crippen molar-refractivity contribution < 1.29 is 17.2 Å². The second-order valence-corrected chi connectivity index (χ2v) is 6.02. The maximum absolute atomic E-state index is 13.1. The van der Waals surface area contributed by atoms with Crippen LogP contribution in [-0.4, -0.2) is 38.9 Å². The van der Waals surface area contributed by atoms with Crippen LogP contribution in [0.5, 0.6) is 0 Å². The molecule has 0 aromatic heterocycles. The molecule has 0 unspecified atom stereocenters. The molecule has 4 nitrogen and oxygen atoms in total. The van der Waals surface area contributed by atoms with Gasteiger partial charge in [-0.05, 0) is 31.2 Å². The molecule has 1 aliphatic rings. The SMILES string of the molecule is Cl.O=S(=O)(c1ccc(F)c(F)c1)N1CCCNCC1. The average molecular weight is 313 g/mol. The third-order valence-electron chi connectivity index (χ3n) is 2.83. The van der Waals surface area contributed by atoms with Gasteiger partial charge in [-0.25, -0.2) is 17.2 Å². The first-order valence-corrected chi connectivity index (χ1v) is 7.12.